The molecule has 0 saturated heterocycles. The zero-order valence-corrected chi connectivity index (χ0v) is 20.4. The van der Waals surface area contributed by atoms with Gasteiger partial charge in [0.15, 0.2) is 0 Å². The van der Waals surface area contributed by atoms with Gasteiger partial charge in [-0.1, -0.05) is 0 Å². The Balaban J connectivity index is 0.00000144. The SMILES string of the molecule is C[SiH](C)[Zr]([c]1ccc[nH]1)([CH]1C=Cc2ccccc21)[C](C)(C)C.Cl.Cl. The van der Waals surface area contributed by atoms with E-state index >= 15 is 0 Å². The van der Waals surface area contributed by atoms with E-state index in [4.69, 9.17) is 0 Å². The van der Waals surface area contributed by atoms with Crippen LogP contribution >= 0.6 is 24.8 Å². The van der Waals surface area contributed by atoms with E-state index in [2.05, 4.69) is 93.6 Å². The maximum atomic E-state index is 3.67. The Hall–Kier alpha value is -0.0800. The first kappa shape index (κ1) is 22.0. The van der Waals surface area contributed by atoms with Crippen LogP contribution in [-0.2, 0) is 19.4 Å². The predicted octanol–water partition coefficient (Wildman–Crippen LogP) is 5.61. The first-order chi connectivity index (χ1) is 10.4. The summed E-state index contributed by atoms with van der Waals surface area (Å²) in [6, 6.07) is 13.6. The molecule has 1 aliphatic carbocycles. The molecule has 24 heavy (non-hydrogen) atoms. The molecule has 0 radical (unpaired) electrons. The second-order valence-electron chi connectivity index (χ2n) is 7.82. The van der Waals surface area contributed by atoms with Crippen molar-refractivity contribution in [3.05, 3.63) is 59.8 Å². The summed E-state index contributed by atoms with van der Waals surface area (Å²) in [5.41, 5.74) is 3.03. The van der Waals surface area contributed by atoms with Crippen LogP contribution in [0.15, 0.2) is 48.7 Å². The number of hydrogen-bond acceptors (Lipinski definition) is 0. The molecule has 2 aromatic rings. The van der Waals surface area contributed by atoms with Crippen molar-refractivity contribution in [2.24, 2.45) is 0 Å². The van der Waals surface area contributed by atoms with Crippen LogP contribution < -0.4 is 3.40 Å². The molecular formula is C19H29Cl2NSiZr. The molecule has 2 atom stereocenters. The van der Waals surface area contributed by atoms with Gasteiger partial charge in [-0.3, -0.25) is 0 Å². The van der Waals surface area contributed by atoms with Crippen LogP contribution in [0, 0.1) is 0 Å². The van der Waals surface area contributed by atoms with E-state index in [1.165, 1.54) is 5.56 Å². The Bertz CT molecular complexity index is 692. The van der Waals surface area contributed by atoms with Crippen LogP contribution in [0.4, 0.5) is 0 Å². The van der Waals surface area contributed by atoms with Gasteiger partial charge in [0.2, 0.25) is 0 Å². The van der Waals surface area contributed by atoms with Crippen molar-refractivity contribution in [3.8, 4) is 0 Å². The molecule has 1 N–H and O–H groups in total. The molecule has 1 aromatic carbocycles. The van der Waals surface area contributed by atoms with Gasteiger partial charge in [-0.2, -0.15) is 0 Å². The second kappa shape index (κ2) is 8.08. The summed E-state index contributed by atoms with van der Waals surface area (Å²) < 4.78 is 2.71. The van der Waals surface area contributed by atoms with Crippen molar-refractivity contribution in [2.75, 3.05) is 0 Å². The van der Waals surface area contributed by atoms with E-state index in [9.17, 15) is 0 Å². The molecule has 0 saturated carbocycles. The average Bonchev–Trinajstić information content (AvgIpc) is 3.08. The zero-order valence-electron chi connectivity index (χ0n) is 15.2. The first-order valence-corrected chi connectivity index (χ1v) is 19.3. The van der Waals surface area contributed by atoms with E-state index < -0.39 is 25.4 Å². The molecule has 1 aliphatic rings. The number of benzene rings is 1. The summed E-state index contributed by atoms with van der Waals surface area (Å²) >= 11 is -2.69. The largest absolute Gasteiger partial charge is 0.147 e. The fourth-order valence-electron chi connectivity index (χ4n) is 4.81. The third kappa shape index (κ3) is 3.30. The van der Waals surface area contributed by atoms with Crippen LogP contribution in [0.1, 0.15) is 35.5 Å². The van der Waals surface area contributed by atoms with Gasteiger partial charge in [0.05, 0.1) is 0 Å². The van der Waals surface area contributed by atoms with Crippen LogP contribution in [0.3, 0.4) is 0 Å². The maximum absolute atomic E-state index is 3.67. The summed E-state index contributed by atoms with van der Waals surface area (Å²) in [5, 5.41) is 0. The van der Waals surface area contributed by atoms with Crippen molar-refractivity contribution in [3.63, 3.8) is 0 Å². The Kier molecular flexibility index (Phi) is 7.39. The van der Waals surface area contributed by atoms with E-state index in [1.807, 2.05) is 0 Å². The van der Waals surface area contributed by atoms with Crippen molar-refractivity contribution in [1.29, 1.82) is 0 Å². The fraction of sp³-hybridized carbons (Fsp3) is 0.368. The third-order valence-electron chi connectivity index (χ3n) is 5.49. The molecule has 0 aliphatic heterocycles. The topological polar surface area (TPSA) is 15.8 Å². The number of nitrogens with one attached hydrogen (secondary N) is 1. The molecule has 5 heteroatoms. The van der Waals surface area contributed by atoms with E-state index in [1.54, 1.807) is 8.97 Å². The van der Waals surface area contributed by atoms with Crippen LogP contribution in [0.2, 0.25) is 16.2 Å². The molecular weight excluding hydrogens is 432 g/mol. The minimum absolute atomic E-state index is 0. The number of hydrogen-bond donors (Lipinski definition) is 1. The Morgan fingerprint density at radius 3 is 2.21 bits per heavy atom. The van der Waals surface area contributed by atoms with Gasteiger partial charge in [0.1, 0.15) is 0 Å². The minimum atomic E-state index is -2.69. The Morgan fingerprint density at radius 2 is 1.67 bits per heavy atom. The summed E-state index contributed by atoms with van der Waals surface area (Å²) in [6.07, 6.45) is 7.05. The molecule has 0 spiro atoms. The Morgan fingerprint density at radius 1 is 1.00 bits per heavy atom. The minimum Gasteiger partial charge on any atom is -0.147 e. The number of H-pyrrole nitrogens is 1. The summed E-state index contributed by atoms with van der Waals surface area (Å²) in [4.78, 5) is 3.67. The number of allylic oxidation sites excluding steroid dienone is 1. The number of halogens is 2. The van der Waals surface area contributed by atoms with Gasteiger partial charge in [-0.15, -0.1) is 24.8 Å². The van der Waals surface area contributed by atoms with Crippen LogP contribution in [-0.4, -0.2) is 10.9 Å². The molecule has 0 bridgehead atoms. The zero-order chi connectivity index (χ0) is 16.0. The maximum Gasteiger partial charge on any atom is -0.147 e. The molecule has 132 valence electrons. The number of fused-ring (bicyclic) bond motifs is 1. The van der Waals surface area contributed by atoms with Gasteiger partial charge in [-0.05, 0) is 0 Å². The third-order valence-corrected chi connectivity index (χ3v) is 42.5. The number of aromatic amines is 1. The van der Waals surface area contributed by atoms with Crippen molar-refractivity contribution in [1.82, 2.24) is 4.98 Å². The molecule has 3 rings (SSSR count). The van der Waals surface area contributed by atoms with Gasteiger partial charge in [0.25, 0.3) is 0 Å². The monoisotopic (exact) mass is 459 g/mol. The van der Waals surface area contributed by atoms with Gasteiger partial charge < -0.3 is 0 Å². The van der Waals surface area contributed by atoms with E-state index in [-0.39, 0.29) is 24.8 Å². The van der Waals surface area contributed by atoms with Crippen LogP contribution in [0.25, 0.3) is 6.08 Å². The molecule has 0 amide bonds. The number of rotatable bonds is 3. The van der Waals surface area contributed by atoms with E-state index in [0.717, 1.165) is 0 Å². The Labute approximate surface area is 164 Å². The van der Waals surface area contributed by atoms with Crippen molar-refractivity contribution in [2.45, 2.75) is 40.6 Å². The smallest absolute Gasteiger partial charge is 0.147 e. The number of aromatic nitrogens is 1. The van der Waals surface area contributed by atoms with Crippen molar-refractivity contribution >= 4 is 40.2 Å². The fourth-order valence-corrected chi connectivity index (χ4v) is 43.0. The summed E-state index contributed by atoms with van der Waals surface area (Å²) in [5.74, 6) is -0.823. The molecule has 1 nitrogen and oxygen atoms in total. The standard InChI is InChI=1S/C9H7.C4H4N.C4H9.C2H7Si.2ClH.Zr/c1-2-5-9-7-3-6-8(9)4-1;1-2-4-5-3-1;1-4(2)3;1-3-2;;;/h1-7H;1-3,5H;1-3H3;3H,1-2H3;2*1H;. The molecule has 1 heterocycles. The van der Waals surface area contributed by atoms with Crippen LogP contribution in [0.5, 0.6) is 0 Å². The molecule has 2 unspecified atom stereocenters. The second-order valence-corrected chi connectivity index (χ2v) is 34.8. The molecule has 1 aromatic heterocycles. The quantitative estimate of drug-likeness (QED) is 0.572. The average molecular weight is 462 g/mol. The van der Waals surface area contributed by atoms with E-state index in [0.29, 0.717) is 6.75 Å². The molecule has 0 fully saturated rings. The normalized spacial score (nSPS) is 18.5. The van der Waals surface area contributed by atoms with Gasteiger partial charge in [-0.25, -0.2) is 0 Å². The summed E-state index contributed by atoms with van der Waals surface area (Å²) in [6.45, 7) is 12.7. The predicted molar refractivity (Wildman–Crippen MR) is 112 cm³/mol. The first-order valence-electron chi connectivity index (χ1n) is 8.30. The van der Waals surface area contributed by atoms with Gasteiger partial charge >= 0.3 is 140 Å². The van der Waals surface area contributed by atoms with Crippen molar-refractivity contribution < 1.29 is 19.4 Å². The van der Waals surface area contributed by atoms with Gasteiger partial charge in [0, 0.05) is 0 Å². The summed E-state index contributed by atoms with van der Waals surface area (Å²) in [7, 11) is 0.